The van der Waals surface area contributed by atoms with Crippen LogP contribution in [0.4, 0.5) is 0 Å². The largest absolute Gasteiger partial charge is 0.492 e. The highest BCUT2D eigenvalue weighted by atomic mass is 16.5. The van der Waals surface area contributed by atoms with Gasteiger partial charge in [0.2, 0.25) is 0 Å². The molecule has 1 atom stereocenters. The molecule has 0 fully saturated rings. The summed E-state index contributed by atoms with van der Waals surface area (Å²) >= 11 is 0. The Labute approximate surface area is 90.4 Å². The fourth-order valence-corrected chi connectivity index (χ4v) is 1.30. The highest BCUT2D eigenvalue weighted by Gasteiger charge is 2.07. The Kier molecular flexibility index (Phi) is 5.07. The maximum Gasteiger partial charge on any atom is 0.137 e. The van der Waals surface area contributed by atoms with Crippen LogP contribution in [0.1, 0.15) is 24.9 Å². The number of pyridine rings is 1. The lowest BCUT2D eigenvalue weighted by Gasteiger charge is -2.12. The van der Waals surface area contributed by atoms with E-state index in [9.17, 15) is 0 Å². The van der Waals surface area contributed by atoms with Gasteiger partial charge in [0.1, 0.15) is 5.75 Å². The lowest BCUT2D eigenvalue weighted by molar-refractivity contribution is 0.188. The van der Waals surface area contributed by atoms with Crippen LogP contribution in [0.3, 0.4) is 0 Å². The van der Waals surface area contributed by atoms with Gasteiger partial charge in [-0.2, -0.15) is 0 Å². The minimum Gasteiger partial charge on any atom is -0.492 e. The zero-order chi connectivity index (χ0) is 11.1. The van der Waals surface area contributed by atoms with E-state index < -0.39 is 0 Å². The van der Waals surface area contributed by atoms with Crippen LogP contribution < -0.4 is 10.5 Å². The van der Waals surface area contributed by atoms with Crippen LogP contribution in [-0.2, 0) is 4.74 Å². The Bertz CT molecular complexity index is 292. The van der Waals surface area contributed by atoms with Crippen molar-refractivity contribution in [3.63, 3.8) is 0 Å². The van der Waals surface area contributed by atoms with Crippen LogP contribution in [0.2, 0.25) is 0 Å². The highest BCUT2D eigenvalue weighted by molar-refractivity contribution is 5.25. The molecular formula is C11H18N2O2. The van der Waals surface area contributed by atoms with Crippen molar-refractivity contribution in [3.05, 3.63) is 24.0 Å². The second-order valence-corrected chi connectivity index (χ2v) is 3.27. The number of nitrogens with zero attached hydrogens (tertiary/aromatic N) is 1. The van der Waals surface area contributed by atoms with Gasteiger partial charge in [-0.15, -0.1) is 0 Å². The summed E-state index contributed by atoms with van der Waals surface area (Å²) in [4.78, 5) is 4.09. The Morgan fingerprint density at radius 1 is 1.47 bits per heavy atom. The van der Waals surface area contributed by atoms with Crippen molar-refractivity contribution in [2.24, 2.45) is 5.73 Å². The predicted molar refractivity (Wildman–Crippen MR) is 58.8 cm³/mol. The predicted octanol–water partition coefficient (Wildman–Crippen LogP) is 1.52. The summed E-state index contributed by atoms with van der Waals surface area (Å²) in [5.74, 6) is 0.767. The van der Waals surface area contributed by atoms with Crippen molar-refractivity contribution in [3.8, 4) is 5.75 Å². The second kappa shape index (κ2) is 6.37. The number of ether oxygens (including phenoxy) is 2. The lowest BCUT2D eigenvalue weighted by atomic mass is 10.1. The maximum absolute atomic E-state index is 5.97. The minimum atomic E-state index is -0.0437. The first-order valence-corrected chi connectivity index (χ1v) is 5.10. The zero-order valence-corrected chi connectivity index (χ0v) is 9.27. The molecule has 4 heteroatoms. The van der Waals surface area contributed by atoms with Crippen LogP contribution in [0.15, 0.2) is 18.5 Å². The molecule has 0 radical (unpaired) electrons. The monoisotopic (exact) mass is 210 g/mol. The smallest absolute Gasteiger partial charge is 0.137 e. The Balaban J connectivity index is 2.62. The third-order valence-electron chi connectivity index (χ3n) is 2.11. The summed E-state index contributed by atoms with van der Waals surface area (Å²) in [6.45, 7) is 3.23. The average Bonchev–Trinajstić information content (AvgIpc) is 2.27. The first kappa shape index (κ1) is 11.9. The Morgan fingerprint density at radius 3 is 2.93 bits per heavy atom. The summed E-state index contributed by atoms with van der Waals surface area (Å²) in [5.41, 5.74) is 6.95. The van der Waals surface area contributed by atoms with Gasteiger partial charge in [0.25, 0.3) is 0 Å². The summed E-state index contributed by atoms with van der Waals surface area (Å²) < 4.78 is 10.3. The average molecular weight is 210 g/mol. The maximum atomic E-state index is 5.97. The standard InChI is InChI=1S/C11H18N2O2/c1-3-15-10-6-9(7-13-8-10)11(12)4-5-14-2/h6-8,11H,3-5,12H2,1-2H3. The molecule has 0 aliphatic carbocycles. The van der Waals surface area contributed by atoms with Crippen LogP contribution in [-0.4, -0.2) is 25.3 Å². The zero-order valence-electron chi connectivity index (χ0n) is 9.27. The van der Waals surface area contributed by atoms with Crippen LogP contribution in [0.5, 0.6) is 5.75 Å². The van der Waals surface area contributed by atoms with E-state index in [-0.39, 0.29) is 6.04 Å². The van der Waals surface area contributed by atoms with Crippen LogP contribution in [0, 0.1) is 0 Å². The number of nitrogens with two attached hydrogens (primary N) is 1. The summed E-state index contributed by atoms with van der Waals surface area (Å²) in [5, 5.41) is 0. The first-order chi connectivity index (χ1) is 7.27. The van der Waals surface area contributed by atoms with Gasteiger partial charge in [-0.05, 0) is 25.0 Å². The molecule has 0 aromatic carbocycles. The van der Waals surface area contributed by atoms with E-state index in [0.717, 1.165) is 17.7 Å². The van der Waals surface area contributed by atoms with E-state index in [0.29, 0.717) is 13.2 Å². The third kappa shape index (κ3) is 3.85. The molecule has 2 N–H and O–H groups in total. The molecule has 1 rings (SSSR count). The molecule has 1 aromatic heterocycles. The van der Waals surface area contributed by atoms with Gasteiger partial charge in [-0.1, -0.05) is 0 Å². The molecule has 0 amide bonds. The van der Waals surface area contributed by atoms with Crippen molar-refractivity contribution >= 4 is 0 Å². The lowest BCUT2D eigenvalue weighted by Crippen LogP contribution is -2.13. The van der Waals surface area contributed by atoms with Gasteiger partial charge in [0.15, 0.2) is 0 Å². The van der Waals surface area contributed by atoms with Crippen molar-refractivity contribution < 1.29 is 9.47 Å². The molecule has 1 aromatic rings. The molecule has 15 heavy (non-hydrogen) atoms. The van der Waals surface area contributed by atoms with Gasteiger partial charge >= 0.3 is 0 Å². The molecule has 0 spiro atoms. The quantitative estimate of drug-likeness (QED) is 0.773. The van der Waals surface area contributed by atoms with E-state index in [2.05, 4.69) is 4.98 Å². The van der Waals surface area contributed by atoms with E-state index in [4.69, 9.17) is 15.2 Å². The van der Waals surface area contributed by atoms with Gasteiger partial charge < -0.3 is 15.2 Å². The van der Waals surface area contributed by atoms with Crippen molar-refractivity contribution in [1.29, 1.82) is 0 Å². The van der Waals surface area contributed by atoms with Crippen molar-refractivity contribution in [2.45, 2.75) is 19.4 Å². The van der Waals surface area contributed by atoms with Crippen molar-refractivity contribution in [2.75, 3.05) is 20.3 Å². The number of aromatic nitrogens is 1. The molecular weight excluding hydrogens is 192 g/mol. The van der Waals surface area contributed by atoms with Crippen molar-refractivity contribution in [1.82, 2.24) is 4.98 Å². The number of hydrogen-bond acceptors (Lipinski definition) is 4. The van der Waals surface area contributed by atoms with Gasteiger partial charge in [-0.3, -0.25) is 4.98 Å². The minimum absolute atomic E-state index is 0.0437. The molecule has 0 aliphatic heterocycles. The molecule has 0 aliphatic rings. The second-order valence-electron chi connectivity index (χ2n) is 3.27. The molecule has 1 heterocycles. The normalized spacial score (nSPS) is 12.5. The van der Waals surface area contributed by atoms with Crippen LogP contribution >= 0.6 is 0 Å². The number of rotatable bonds is 6. The van der Waals surface area contributed by atoms with Crippen LogP contribution in [0.25, 0.3) is 0 Å². The van der Waals surface area contributed by atoms with E-state index in [1.807, 2.05) is 13.0 Å². The summed E-state index contributed by atoms with van der Waals surface area (Å²) in [6, 6.07) is 1.88. The highest BCUT2D eigenvalue weighted by Crippen LogP contribution is 2.18. The number of hydrogen-bond donors (Lipinski definition) is 1. The Hall–Kier alpha value is -1.13. The topological polar surface area (TPSA) is 57.4 Å². The molecule has 1 unspecified atom stereocenters. The Morgan fingerprint density at radius 2 is 2.27 bits per heavy atom. The third-order valence-corrected chi connectivity index (χ3v) is 2.11. The first-order valence-electron chi connectivity index (χ1n) is 5.10. The van der Waals surface area contributed by atoms with Gasteiger partial charge in [0.05, 0.1) is 12.8 Å². The molecule has 0 saturated carbocycles. The SMILES string of the molecule is CCOc1cncc(C(N)CCOC)c1. The molecule has 84 valence electrons. The fourth-order valence-electron chi connectivity index (χ4n) is 1.30. The molecule has 0 saturated heterocycles. The molecule has 0 bridgehead atoms. The van der Waals surface area contributed by atoms with E-state index >= 15 is 0 Å². The summed E-state index contributed by atoms with van der Waals surface area (Å²) in [6.07, 6.45) is 4.24. The van der Waals surface area contributed by atoms with Gasteiger partial charge in [0, 0.05) is 26.0 Å². The van der Waals surface area contributed by atoms with E-state index in [1.54, 1.807) is 19.5 Å². The van der Waals surface area contributed by atoms with Gasteiger partial charge in [-0.25, -0.2) is 0 Å². The number of methoxy groups -OCH3 is 1. The molecule has 4 nitrogen and oxygen atoms in total. The fraction of sp³-hybridized carbons (Fsp3) is 0.545. The van der Waals surface area contributed by atoms with E-state index in [1.165, 1.54) is 0 Å². The summed E-state index contributed by atoms with van der Waals surface area (Å²) in [7, 11) is 1.67.